The number of carbonyl (C=O) groups is 1. The number of carbonyl (C=O) groups excluding carboxylic acids is 1. The van der Waals surface area contributed by atoms with E-state index in [-0.39, 0.29) is 24.0 Å². The van der Waals surface area contributed by atoms with Gasteiger partial charge in [-0.2, -0.15) is 0 Å². The third-order valence-corrected chi connectivity index (χ3v) is 7.60. The number of piperazine rings is 1. The molecule has 0 aromatic carbocycles. The van der Waals surface area contributed by atoms with E-state index in [1.165, 1.54) is 0 Å². The van der Waals surface area contributed by atoms with Crippen molar-refractivity contribution >= 4 is 24.4 Å². The molecule has 1 atom stereocenters. The molecule has 1 aliphatic heterocycles. The van der Waals surface area contributed by atoms with Crippen LogP contribution in [0, 0.1) is 6.92 Å². The van der Waals surface area contributed by atoms with Gasteiger partial charge in [-0.3, -0.25) is 4.79 Å². The highest BCUT2D eigenvalue weighted by atomic mass is 16.5. The summed E-state index contributed by atoms with van der Waals surface area (Å²) < 4.78 is 7.24. The van der Waals surface area contributed by atoms with Crippen LogP contribution < -0.4 is 10.2 Å². The number of hydrogen-bond donors (Lipinski definition) is 2. The number of aliphatic hydroxyl groups excluding tert-OH is 1. The molecule has 0 radical (unpaired) electrons. The SMILES string of the molecule is C=N/C(=N\n1c(C)c(-c2ccnc(N3CCN(C(C)=O)CC3)c2)cc1[C@H]1CC[C@H](O)CC1)N[C@@H](C)COC. The van der Waals surface area contributed by atoms with E-state index in [1.54, 1.807) is 14.0 Å². The fourth-order valence-corrected chi connectivity index (χ4v) is 5.43. The van der Waals surface area contributed by atoms with Gasteiger partial charge in [-0.25, -0.2) is 14.7 Å². The van der Waals surface area contributed by atoms with Crippen molar-refractivity contribution in [2.45, 2.75) is 64.5 Å². The highest BCUT2D eigenvalue weighted by Gasteiger charge is 2.27. The molecule has 4 rings (SSSR count). The number of guanidine groups is 1. The summed E-state index contributed by atoms with van der Waals surface area (Å²) in [5.74, 6) is 1.76. The lowest BCUT2D eigenvalue weighted by Gasteiger charge is -2.35. The Hall–Kier alpha value is -3.24. The molecule has 2 aromatic heterocycles. The average Bonchev–Trinajstić information content (AvgIpc) is 3.24. The van der Waals surface area contributed by atoms with Crippen LogP contribution in [0.4, 0.5) is 5.82 Å². The van der Waals surface area contributed by atoms with Crippen molar-refractivity contribution in [3.05, 3.63) is 35.8 Å². The van der Waals surface area contributed by atoms with Crippen LogP contribution in [0.2, 0.25) is 0 Å². The number of methoxy groups -OCH3 is 1. The van der Waals surface area contributed by atoms with Crippen LogP contribution in [0.25, 0.3) is 11.1 Å². The number of nitrogens with zero attached hydrogens (tertiary/aromatic N) is 6. The second-order valence-corrected chi connectivity index (χ2v) is 10.4. The minimum Gasteiger partial charge on any atom is -0.393 e. The molecule has 2 N–H and O–H groups in total. The van der Waals surface area contributed by atoms with Gasteiger partial charge >= 0.3 is 0 Å². The summed E-state index contributed by atoms with van der Waals surface area (Å²) in [6.07, 6.45) is 5.01. The number of amides is 1. The van der Waals surface area contributed by atoms with Crippen LogP contribution in [0.1, 0.15) is 56.8 Å². The first-order chi connectivity index (χ1) is 18.3. The highest BCUT2D eigenvalue weighted by molar-refractivity contribution is 5.84. The van der Waals surface area contributed by atoms with Crippen LogP contribution in [-0.2, 0) is 9.53 Å². The van der Waals surface area contributed by atoms with E-state index in [9.17, 15) is 9.90 Å². The maximum Gasteiger partial charge on any atom is 0.240 e. The van der Waals surface area contributed by atoms with Gasteiger partial charge in [-0.05, 0) is 70.0 Å². The Labute approximate surface area is 225 Å². The maximum atomic E-state index is 11.7. The molecule has 1 saturated carbocycles. The zero-order chi connectivity index (χ0) is 27.2. The van der Waals surface area contributed by atoms with Crippen molar-refractivity contribution < 1.29 is 14.6 Å². The van der Waals surface area contributed by atoms with Gasteiger partial charge in [-0.15, -0.1) is 5.10 Å². The molecule has 3 heterocycles. The van der Waals surface area contributed by atoms with Gasteiger partial charge in [0, 0.05) is 75.3 Å². The molecular weight excluding hydrogens is 482 g/mol. The summed E-state index contributed by atoms with van der Waals surface area (Å²) >= 11 is 0. The molecule has 10 nitrogen and oxygen atoms in total. The summed E-state index contributed by atoms with van der Waals surface area (Å²) in [6.45, 7) is 12.9. The summed E-state index contributed by atoms with van der Waals surface area (Å²) in [7, 11) is 1.67. The third-order valence-electron chi connectivity index (χ3n) is 7.60. The topological polar surface area (TPSA) is 108 Å². The Bertz CT molecular complexity index is 1150. The summed E-state index contributed by atoms with van der Waals surface area (Å²) in [5, 5.41) is 18.3. The largest absolute Gasteiger partial charge is 0.393 e. The molecule has 2 aromatic rings. The Morgan fingerprint density at radius 1 is 1.24 bits per heavy atom. The number of rotatable bonds is 7. The minimum absolute atomic E-state index is 0.0269. The van der Waals surface area contributed by atoms with Gasteiger partial charge in [0.25, 0.3) is 0 Å². The smallest absolute Gasteiger partial charge is 0.240 e. The summed E-state index contributed by atoms with van der Waals surface area (Å²) in [4.78, 5) is 24.6. The number of aliphatic hydroxyl groups is 1. The second kappa shape index (κ2) is 12.5. The number of pyridine rings is 1. The molecule has 1 amide bonds. The predicted octanol–water partition coefficient (Wildman–Crippen LogP) is 2.99. The lowest BCUT2D eigenvalue weighted by molar-refractivity contribution is -0.129. The van der Waals surface area contributed by atoms with Crippen molar-refractivity contribution in [2.75, 3.05) is 44.8 Å². The van der Waals surface area contributed by atoms with E-state index in [0.29, 0.717) is 25.7 Å². The van der Waals surface area contributed by atoms with Gasteiger partial charge < -0.3 is 25.0 Å². The number of aliphatic imine (C=N–C) groups is 1. The van der Waals surface area contributed by atoms with E-state index in [1.807, 2.05) is 28.8 Å². The summed E-state index contributed by atoms with van der Waals surface area (Å²) in [5.41, 5.74) is 4.28. The monoisotopic (exact) mass is 523 g/mol. The molecule has 1 aliphatic carbocycles. The molecule has 38 heavy (non-hydrogen) atoms. The highest BCUT2D eigenvalue weighted by Crippen LogP contribution is 2.38. The maximum absolute atomic E-state index is 11.7. The number of hydrogen-bond acceptors (Lipinski definition) is 6. The Morgan fingerprint density at radius 2 is 1.95 bits per heavy atom. The molecule has 2 aliphatic rings. The van der Waals surface area contributed by atoms with Crippen molar-refractivity contribution in [3.8, 4) is 11.1 Å². The molecule has 10 heteroatoms. The molecule has 206 valence electrons. The number of nitrogens with one attached hydrogen (secondary N) is 1. The van der Waals surface area contributed by atoms with E-state index in [4.69, 9.17) is 9.84 Å². The van der Waals surface area contributed by atoms with Crippen LogP contribution in [0.5, 0.6) is 0 Å². The first kappa shape index (κ1) is 27.8. The van der Waals surface area contributed by atoms with Gasteiger partial charge in [0.1, 0.15) is 5.82 Å². The lowest BCUT2D eigenvalue weighted by atomic mass is 9.85. The number of anilines is 1. The normalized spacial score (nSPS) is 21.3. The molecule has 2 fully saturated rings. The van der Waals surface area contributed by atoms with Crippen LogP contribution in [-0.4, -0.2) is 90.3 Å². The minimum atomic E-state index is -0.230. The lowest BCUT2D eigenvalue weighted by Crippen LogP contribution is -2.48. The Balaban J connectivity index is 1.68. The molecule has 0 spiro atoms. The second-order valence-electron chi connectivity index (χ2n) is 10.4. The van der Waals surface area contributed by atoms with Crippen molar-refractivity contribution in [1.29, 1.82) is 0 Å². The van der Waals surface area contributed by atoms with Gasteiger partial charge in [0.2, 0.25) is 11.9 Å². The zero-order valence-electron chi connectivity index (χ0n) is 23.1. The van der Waals surface area contributed by atoms with E-state index in [2.05, 4.69) is 46.0 Å². The molecule has 0 unspecified atom stereocenters. The van der Waals surface area contributed by atoms with E-state index in [0.717, 1.165) is 67.1 Å². The standard InChI is InChI=1S/C28H41N7O3/c1-19(18-38-5)31-28(29-4)32-35-20(2)25(17-26(35)22-6-8-24(37)9-7-22)23-10-11-30-27(16-23)34-14-12-33(13-15-34)21(3)36/h10-11,16-17,19,22,24,37H,4,6-9,12-15,18H2,1-3,5H3,(H,31,32)/t19-,22-,24-/m0/s1. The van der Waals surface area contributed by atoms with Crippen LogP contribution in [0.3, 0.4) is 0 Å². The predicted molar refractivity (Wildman–Crippen MR) is 151 cm³/mol. The first-order valence-corrected chi connectivity index (χ1v) is 13.5. The van der Waals surface area contributed by atoms with Gasteiger partial charge in [-0.1, -0.05) is 0 Å². The van der Waals surface area contributed by atoms with Crippen LogP contribution in [0.15, 0.2) is 34.5 Å². The van der Waals surface area contributed by atoms with Crippen LogP contribution >= 0.6 is 0 Å². The summed E-state index contributed by atoms with van der Waals surface area (Å²) in [6, 6.07) is 6.41. The zero-order valence-corrected chi connectivity index (χ0v) is 23.1. The van der Waals surface area contributed by atoms with Crippen molar-refractivity contribution in [1.82, 2.24) is 19.9 Å². The fraction of sp³-hybridized carbons (Fsp3) is 0.571. The quantitative estimate of drug-likeness (QED) is 0.427. The Morgan fingerprint density at radius 3 is 2.58 bits per heavy atom. The molecule has 0 bridgehead atoms. The molecule has 1 saturated heterocycles. The van der Waals surface area contributed by atoms with Crippen molar-refractivity contribution in [2.24, 2.45) is 10.1 Å². The number of ether oxygens (including phenoxy) is 1. The van der Waals surface area contributed by atoms with Gasteiger partial charge in [0.15, 0.2) is 0 Å². The van der Waals surface area contributed by atoms with Gasteiger partial charge in [0.05, 0.1) is 12.7 Å². The van der Waals surface area contributed by atoms with Crippen molar-refractivity contribution in [3.63, 3.8) is 0 Å². The average molecular weight is 524 g/mol. The van der Waals surface area contributed by atoms with E-state index >= 15 is 0 Å². The number of aromatic nitrogens is 2. The van der Waals surface area contributed by atoms with E-state index < -0.39 is 0 Å². The first-order valence-electron chi connectivity index (χ1n) is 13.5. The third kappa shape index (κ3) is 6.42. The Kier molecular flexibility index (Phi) is 9.17. The molecular formula is C28H41N7O3. The fourth-order valence-electron chi connectivity index (χ4n) is 5.43.